The van der Waals surface area contributed by atoms with Gasteiger partial charge in [0.05, 0.1) is 17.2 Å². The molecule has 0 radical (unpaired) electrons. The number of hydrogen-bond acceptors (Lipinski definition) is 3. The normalized spacial score (nSPS) is 10.2. The predicted octanol–water partition coefficient (Wildman–Crippen LogP) is 12.1. The van der Waals surface area contributed by atoms with Crippen molar-refractivity contribution in [1.82, 2.24) is 9.97 Å². The summed E-state index contributed by atoms with van der Waals surface area (Å²) in [6, 6.07) is 66.9. The van der Waals surface area contributed by atoms with Gasteiger partial charge in [0.2, 0.25) is 0 Å². The Labute approximate surface area is 306 Å². The first kappa shape index (κ1) is 34.9. The van der Waals surface area contributed by atoms with Gasteiger partial charge in [-0.05, 0) is 41.3 Å². The summed E-state index contributed by atoms with van der Waals surface area (Å²) in [5.41, 5.74) is 18.3. The van der Waals surface area contributed by atoms with Crippen LogP contribution in [0.15, 0.2) is 207 Å². The summed E-state index contributed by atoms with van der Waals surface area (Å²) in [6.07, 6.45) is 3.92. The molecular weight excluding hydrogens is 633 g/mol. The van der Waals surface area contributed by atoms with E-state index in [1.54, 1.807) is 0 Å². The lowest BCUT2D eigenvalue weighted by Crippen LogP contribution is -2.00. The maximum Gasteiger partial charge on any atom is 0.0873 e. The lowest BCUT2D eigenvalue weighted by atomic mass is 9.96. The van der Waals surface area contributed by atoms with Crippen LogP contribution in [0.2, 0.25) is 0 Å². The van der Waals surface area contributed by atoms with Gasteiger partial charge in [0.25, 0.3) is 0 Å². The van der Waals surface area contributed by atoms with Crippen molar-refractivity contribution in [3.8, 4) is 67.0 Å². The van der Waals surface area contributed by atoms with Crippen LogP contribution in [-0.2, 0) is 0 Å². The maximum atomic E-state index is 6.28. The molecule has 4 nitrogen and oxygen atoms in total. The van der Waals surface area contributed by atoms with Crippen LogP contribution in [0.25, 0.3) is 67.0 Å². The number of nitrogens with zero attached hydrogens (tertiary/aromatic N) is 2. The fourth-order valence-corrected chi connectivity index (χ4v) is 5.83. The quantitative estimate of drug-likeness (QED) is 0.136. The minimum absolute atomic E-state index is 0.167. The molecule has 0 aliphatic rings. The summed E-state index contributed by atoms with van der Waals surface area (Å²) in [7, 11) is 0. The average Bonchev–Trinajstić information content (AvgIpc) is 3.22. The monoisotopic (exact) mass is 672 g/mol. The zero-order valence-electron chi connectivity index (χ0n) is 29.1. The van der Waals surface area contributed by atoms with E-state index in [4.69, 9.17) is 21.1 Å². The van der Waals surface area contributed by atoms with Gasteiger partial charge in [-0.3, -0.25) is 15.4 Å². The van der Waals surface area contributed by atoms with E-state index in [0.29, 0.717) is 0 Å². The van der Waals surface area contributed by atoms with E-state index in [9.17, 15) is 0 Å². The molecule has 0 bridgehead atoms. The molecule has 0 aliphatic heterocycles. The topological polar surface area (TPSA) is 75.7 Å². The smallest absolute Gasteiger partial charge is 0.0873 e. The van der Waals surface area contributed by atoms with Gasteiger partial charge in [-0.2, -0.15) is 0 Å². The molecule has 0 amide bonds. The molecule has 0 aliphatic carbocycles. The van der Waals surface area contributed by atoms with Gasteiger partial charge < -0.3 is 5.73 Å². The van der Waals surface area contributed by atoms with Crippen LogP contribution in [-0.4, -0.2) is 15.8 Å². The van der Waals surface area contributed by atoms with Crippen LogP contribution in [0.5, 0.6) is 0 Å². The summed E-state index contributed by atoms with van der Waals surface area (Å²) in [5, 5.41) is 6.28. The third-order valence-corrected chi connectivity index (χ3v) is 8.25. The fourth-order valence-electron chi connectivity index (χ4n) is 5.83. The van der Waals surface area contributed by atoms with Gasteiger partial charge in [-0.25, -0.2) is 0 Å². The third kappa shape index (κ3) is 9.20. The Morgan fingerprint density at radius 1 is 0.365 bits per heavy atom. The largest absolute Gasteiger partial charge is 0.388 e. The zero-order valence-corrected chi connectivity index (χ0v) is 29.1. The molecule has 52 heavy (non-hydrogen) atoms. The summed E-state index contributed by atoms with van der Waals surface area (Å²) in [6.45, 7) is 1.53. The van der Waals surface area contributed by atoms with E-state index in [0.717, 1.165) is 44.8 Å². The highest BCUT2D eigenvalue weighted by atomic mass is 14.7. The van der Waals surface area contributed by atoms with Crippen molar-refractivity contribution in [2.75, 3.05) is 0 Å². The minimum Gasteiger partial charge on any atom is -0.388 e. The number of benzene rings is 6. The van der Waals surface area contributed by atoms with Gasteiger partial charge >= 0.3 is 0 Å². The Kier molecular flexibility index (Phi) is 11.9. The second-order valence-electron chi connectivity index (χ2n) is 12.1. The van der Waals surface area contributed by atoms with Crippen LogP contribution in [0.4, 0.5) is 0 Å². The Hall–Kier alpha value is -6.91. The van der Waals surface area contributed by atoms with Crippen molar-refractivity contribution in [3.05, 3.63) is 207 Å². The van der Waals surface area contributed by atoms with Crippen LogP contribution >= 0.6 is 0 Å². The molecule has 0 spiro atoms. The highest BCUT2D eigenvalue weighted by molar-refractivity contribution is 5.85. The molecule has 8 rings (SSSR count). The summed E-state index contributed by atoms with van der Waals surface area (Å²) < 4.78 is 0. The summed E-state index contributed by atoms with van der Waals surface area (Å²) in [4.78, 5) is 9.60. The van der Waals surface area contributed by atoms with Gasteiger partial charge in [0.1, 0.15) is 0 Å². The third-order valence-electron chi connectivity index (χ3n) is 8.25. The number of amidine groups is 1. The Morgan fingerprint density at radius 2 is 0.596 bits per heavy atom. The molecule has 3 N–H and O–H groups in total. The highest BCUT2D eigenvalue weighted by Crippen LogP contribution is 2.35. The number of pyridine rings is 2. The zero-order chi connectivity index (χ0) is 36.0. The van der Waals surface area contributed by atoms with Crippen molar-refractivity contribution < 1.29 is 0 Å². The van der Waals surface area contributed by atoms with Crippen LogP contribution in [0.1, 0.15) is 6.92 Å². The molecule has 0 fully saturated rings. The van der Waals surface area contributed by atoms with E-state index < -0.39 is 0 Å². The number of nitrogens with one attached hydrogen (secondary N) is 1. The lowest BCUT2D eigenvalue weighted by Gasteiger charge is -2.12. The first-order valence-electron chi connectivity index (χ1n) is 17.2. The highest BCUT2D eigenvalue weighted by Gasteiger charge is 2.12. The maximum absolute atomic E-state index is 6.28. The first-order chi connectivity index (χ1) is 25.6. The van der Waals surface area contributed by atoms with E-state index in [-0.39, 0.29) is 5.84 Å². The van der Waals surface area contributed by atoms with Crippen molar-refractivity contribution in [3.63, 3.8) is 0 Å². The molecule has 2 heterocycles. The first-order valence-corrected chi connectivity index (χ1v) is 17.2. The Morgan fingerprint density at radius 3 is 0.865 bits per heavy atom. The summed E-state index contributed by atoms with van der Waals surface area (Å²) in [5.74, 6) is 0.167. The van der Waals surface area contributed by atoms with Crippen molar-refractivity contribution >= 4 is 5.84 Å². The van der Waals surface area contributed by atoms with Crippen LogP contribution in [0.3, 0.4) is 0 Å². The standard InChI is InChI=1S/2C23H17N.C2H6N2/c2*1-4-10-18(11-5-1)21-16-22(19-12-6-2-7-13-19)23(24-17-21)20-14-8-3-9-15-20;1-2(3)4/h2*1-17H;1H3,(H3,3,4). The van der Waals surface area contributed by atoms with E-state index >= 15 is 0 Å². The molecule has 252 valence electrons. The number of rotatable bonds is 6. The van der Waals surface area contributed by atoms with Gasteiger partial charge in [-0.1, -0.05) is 182 Å². The molecule has 4 heteroatoms. The minimum atomic E-state index is 0.167. The van der Waals surface area contributed by atoms with Crippen LogP contribution in [0, 0.1) is 5.41 Å². The average molecular weight is 673 g/mol. The van der Waals surface area contributed by atoms with Gasteiger partial charge in [0, 0.05) is 45.8 Å². The van der Waals surface area contributed by atoms with E-state index in [1.165, 1.54) is 29.2 Å². The molecule has 0 atom stereocenters. The number of aromatic nitrogens is 2. The van der Waals surface area contributed by atoms with Crippen LogP contribution < -0.4 is 5.73 Å². The Balaban J connectivity index is 0.000000162. The van der Waals surface area contributed by atoms with Gasteiger partial charge in [-0.15, -0.1) is 0 Å². The summed E-state index contributed by atoms with van der Waals surface area (Å²) >= 11 is 0. The van der Waals surface area contributed by atoms with Crippen molar-refractivity contribution in [2.45, 2.75) is 6.92 Å². The second kappa shape index (κ2) is 17.7. The second-order valence-corrected chi connectivity index (χ2v) is 12.1. The molecule has 0 saturated carbocycles. The van der Waals surface area contributed by atoms with Gasteiger partial charge in [0.15, 0.2) is 0 Å². The molecule has 0 unspecified atom stereocenters. The molecular formula is C48H40N4. The predicted molar refractivity (Wildman–Crippen MR) is 219 cm³/mol. The molecule has 8 aromatic rings. The Bertz CT molecular complexity index is 2130. The van der Waals surface area contributed by atoms with Crippen molar-refractivity contribution in [2.24, 2.45) is 5.73 Å². The van der Waals surface area contributed by atoms with E-state index in [2.05, 4.69) is 158 Å². The molecule has 6 aromatic carbocycles. The lowest BCUT2D eigenvalue weighted by molar-refractivity contribution is 1.32. The van der Waals surface area contributed by atoms with Crippen molar-refractivity contribution in [1.29, 1.82) is 5.41 Å². The fraction of sp³-hybridized carbons (Fsp3) is 0.0208. The molecule has 2 aromatic heterocycles. The number of hydrogen-bond donors (Lipinski definition) is 2. The van der Waals surface area contributed by atoms with E-state index in [1.807, 2.05) is 48.8 Å². The molecule has 0 saturated heterocycles. The number of nitrogens with two attached hydrogens (primary N) is 1. The SMILES string of the molecule is CC(=N)N.c1ccc(-c2cnc(-c3ccccc3)c(-c3ccccc3)c2)cc1.c1ccc(-c2cnc(-c3ccccc3)c(-c3ccccc3)c2)cc1.